The molecule has 0 heterocycles. The van der Waals surface area contributed by atoms with E-state index >= 15 is 0 Å². The van der Waals surface area contributed by atoms with E-state index in [2.05, 4.69) is 20.5 Å². The SMILES string of the molecule is CN=C(NCCN(C)Cc1ccc(F)cc1)NCc1ccc(S(C)(=O)=O)c(C)c1.I. The molecule has 0 aliphatic carbocycles. The summed E-state index contributed by atoms with van der Waals surface area (Å²) < 4.78 is 36.4. The largest absolute Gasteiger partial charge is 0.355 e. The van der Waals surface area contributed by atoms with Gasteiger partial charge in [-0.2, -0.15) is 0 Å². The molecule has 0 saturated heterocycles. The predicted molar refractivity (Wildman–Crippen MR) is 131 cm³/mol. The van der Waals surface area contributed by atoms with E-state index in [1.807, 2.05) is 13.1 Å². The lowest BCUT2D eigenvalue weighted by Crippen LogP contribution is -2.40. The molecule has 0 unspecified atom stereocenters. The molecular formula is C21H30FIN4O2S. The second-order valence-electron chi connectivity index (χ2n) is 7.09. The zero-order chi connectivity index (χ0) is 21.4. The third-order valence-corrected chi connectivity index (χ3v) is 5.73. The van der Waals surface area contributed by atoms with Crippen molar-refractivity contribution in [3.8, 4) is 0 Å². The molecule has 0 radical (unpaired) electrons. The third kappa shape index (κ3) is 8.57. The Morgan fingerprint density at radius 1 is 1.10 bits per heavy atom. The Morgan fingerprint density at radius 3 is 2.30 bits per heavy atom. The molecule has 6 nitrogen and oxygen atoms in total. The van der Waals surface area contributed by atoms with Gasteiger partial charge >= 0.3 is 0 Å². The molecule has 0 spiro atoms. The molecule has 2 aromatic rings. The molecule has 0 bridgehead atoms. The zero-order valence-electron chi connectivity index (χ0n) is 17.8. The lowest BCUT2D eigenvalue weighted by Gasteiger charge is -2.18. The van der Waals surface area contributed by atoms with Crippen molar-refractivity contribution in [3.63, 3.8) is 0 Å². The number of likely N-dealkylation sites (N-methyl/N-ethyl adjacent to an activating group) is 1. The highest BCUT2D eigenvalue weighted by atomic mass is 127. The van der Waals surface area contributed by atoms with Crippen LogP contribution in [0.25, 0.3) is 0 Å². The molecule has 0 saturated carbocycles. The van der Waals surface area contributed by atoms with Crippen molar-refractivity contribution in [2.75, 3.05) is 33.4 Å². The Balaban J connectivity index is 0.00000450. The molecule has 166 valence electrons. The van der Waals surface area contributed by atoms with Gasteiger partial charge in [0.2, 0.25) is 0 Å². The van der Waals surface area contributed by atoms with E-state index < -0.39 is 9.84 Å². The van der Waals surface area contributed by atoms with Crippen LogP contribution < -0.4 is 10.6 Å². The first-order chi connectivity index (χ1) is 13.7. The van der Waals surface area contributed by atoms with Crippen LogP contribution in [-0.4, -0.2) is 52.7 Å². The third-order valence-electron chi connectivity index (χ3n) is 4.47. The molecule has 0 atom stereocenters. The van der Waals surface area contributed by atoms with Gasteiger partial charge in [-0.05, 0) is 48.9 Å². The van der Waals surface area contributed by atoms with Gasteiger partial charge in [-0.1, -0.05) is 24.3 Å². The molecule has 30 heavy (non-hydrogen) atoms. The summed E-state index contributed by atoms with van der Waals surface area (Å²) in [6.45, 7) is 4.56. The lowest BCUT2D eigenvalue weighted by molar-refractivity contribution is 0.331. The van der Waals surface area contributed by atoms with Gasteiger partial charge in [0.05, 0.1) is 4.90 Å². The maximum Gasteiger partial charge on any atom is 0.191 e. The Morgan fingerprint density at radius 2 is 1.73 bits per heavy atom. The first-order valence-corrected chi connectivity index (χ1v) is 11.3. The quantitative estimate of drug-likeness (QED) is 0.302. The number of hydrogen-bond acceptors (Lipinski definition) is 4. The minimum absolute atomic E-state index is 0. The predicted octanol–water partition coefficient (Wildman–Crippen LogP) is 2.95. The van der Waals surface area contributed by atoms with Crippen molar-refractivity contribution in [2.45, 2.75) is 24.9 Å². The van der Waals surface area contributed by atoms with Crippen LogP contribution in [0, 0.1) is 12.7 Å². The molecule has 0 aromatic heterocycles. The van der Waals surface area contributed by atoms with E-state index in [1.54, 1.807) is 38.2 Å². The Bertz CT molecular complexity index is 950. The average Bonchev–Trinajstić information content (AvgIpc) is 2.65. The number of rotatable bonds is 8. The molecular weight excluding hydrogens is 518 g/mol. The van der Waals surface area contributed by atoms with E-state index in [0.29, 0.717) is 23.9 Å². The molecule has 0 amide bonds. The summed E-state index contributed by atoms with van der Waals surface area (Å²) in [5.74, 6) is 0.444. The fourth-order valence-electron chi connectivity index (χ4n) is 2.99. The minimum Gasteiger partial charge on any atom is -0.355 e. The molecule has 0 aliphatic rings. The summed E-state index contributed by atoms with van der Waals surface area (Å²) in [7, 11) is 0.500. The molecule has 2 rings (SSSR count). The van der Waals surface area contributed by atoms with Crippen molar-refractivity contribution in [2.24, 2.45) is 4.99 Å². The number of guanidine groups is 1. The van der Waals surface area contributed by atoms with Crippen molar-refractivity contribution in [1.29, 1.82) is 0 Å². The summed E-state index contributed by atoms with van der Waals surface area (Å²) in [5.41, 5.74) is 2.77. The van der Waals surface area contributed by atoms with Gasteiger partial charge in [0, 0.05) is 39.5 Å². The number of hydrogen-bond donors (Lipinski definition) is 2. The fraction of sp³-hybridized carbons (Fsp3) is 0.381. The van der Waals surface area contributed by atoms with Gasteiger partial charge < -0.3 is 15.5 Å². The van der Waals surface area contributed by atoms with Crippen molar-refractivity contribution in [3.05, 3.63) is 65.0 Å². The number of aryl methyl sites for hydroxylation is 1. The Labute approximate surface area is 195 Å². The number of sulfone groups is 1. The topological polar surface area (TPSA) is 73.8 Å². The Hall–Kier alpha value is -1.72. The van der Waals surface area contributed by atoms with E-state index in [0.717, 1.165) is 29.8 Å². The second-order valence-corrected chi connectivity index (χ2v) is 9.07. The maximum atomic E-state index is 13.0. The fourth-order valence-corrected chi connectivity index (χ4v) is 3.95. The average molecular weight is 548 g/mol. The first kappa shape index (κ1) is 26.3. The van der Waals surface area contributed by atoms with Gasteiger partial charge in [-0.3, -0.25) is 4.99 Å². The van der Waals surface area contributed by atoms with Gasteiger partial charge in [0.15, 0.2) is 15.8 Å². The summed E-state index contributed by atoms with van der Waals surface area (Å²) in [5, 5.41) is 6.49. The van der Waals surface area contributed by atoms with Crippen LogP contribution in [0.15, 0.2) is 52.4 Å². The van der Waals surface area contributed by atoms with E-state index in [4.69, 9.17) is 0 Å². The minimum atomic E-state index is -3.21. The van der Waals surface area contributed by atoms with Crippen LogP contribution >= 0.6 is 24.0 Å². The van der Waals surface area contributed by atoms with E-state index in [1.165, 1.54) is 18.4 Å². The second kappa shape index (κ2) is 12.2. The van der Waals surface area contributed by atoms with Gasteiger partial charge in [-0.15, -0.1) is 24.0 Å². The van der Waals surface area contributed by atoms with Crippen molar-refractivity contribution >= 4 is 39.8 Å². The highest BCUT2D eigenvalue weighted by Gasteiger charge is 2.11. The number of halogens is 2. The van der Waals surface area contributed by atoms with Crippen LogP contribution in [0.1, 0.15) is 16.7 Å². The van der Waals surface area contributed by atoms with Gasteiger partial charge in [0.1, 0.15) is 5.82 Å². The maximum absolute atomic E-state index is 13.0. The molecule has 2 aromatic carbocycles. The zero-order valence-corrected chi connectivity index (χ0v) is 20.9. The monoisotopic (exact) mass is 548 g/mol. The van der Waals surface area contributed by atoms with Crippen LogP contribution in [0.2, 0.25) is 0 Å². The molecule has 2 N–H and O–H groups in total. The van der Waals surface area contributed by atoms with Gasteiger partial charge in [-0.25, -0.2) is 12.8 Å². The highest BCUT2D eigenvalue weighted by molar-refractivity contribution is 14.0. The highest BCUT2D eigenvalue weighted by Crippen LogP contribution is 2.16. The molecule has 0 fully saturated rings. The van der Waals surface area contributed by atoms with Crippen molar-refractivity contribution in [1.82, 2.24) is 15.5 Å². The van der Waals surface area contributed by atoms with Crippen LogP contribution in [0.4, 0.5) is 4.39 Å². The van der Waals surface area contributed by atoms with Crippen LogP contribution in [-0.2, 0) is 22.9 Å². The normalized spacial score (nSPS) is 11.9. The smallest absolute Gasteiger partial charge is 0.191 e. The summed E-state index contributed by atoms with van der Waals surface area (Å²) >= 11 is 0. The number of aliphatic imine (C=N–C) groups is 1. The molecule has 9 heteroatoms. The van der Waals surface area contributed by atoms with Gasteiger partial charge in [0.25, 0.3) is 0 Å². The lowest BCUT2D eigenvalue weighted by atomic mass is 10.1. The number of nitrogens with zero attached hydrogens (tertiary/aromatic N) is 2. The van der Waals surface area contributed by atoms with E-state index in [-0.39, 0.29) is 29.8 Å². The van der Waals surface area contributed by atoms with Crippen molar-refractivity contribution < 1.29 is 12.8 Å². The Kier molecular flexibility index (Phi) is 10.7. The number of nitrogens with one attached hydrogen (secondary N) is 2. The molecule has 0 aliphatic heterocycles. The standard InChI is InChI=1S/C21H29FN4O2S.HI/c1-16-13-18(7-10-20(16)29(4,27)28)14-25-21(23-2)24-11-12-26(3)15-17-5-8-19(22)9-6-17;/h5-10,13H,11-12,14-15H2,1-4H3,(H2,23,24,25);1H. The first-order valence-electron chi connectivity index (χ1n) is 9.36. The summed E-state index contributed by atoms with van der Waals surface area (Å²) in [6, 6.07) is 11.8. The number of benzene rings is 2. The van der Waals surface area contributed by atoms with E-state index in [9.17, 15) is 12.8 Å². The summed E-state index contributed by atoms with van der Waals surface area (Å²) in [4.78, 5) is 6.71. The van der Waals surface area contributed by atoms with Crippen LogP contribution in [0.3, 0.4) is 0 Å². The van der Waals surface area contributed by atoms with Crippen LogP contribution in [0.5, 0.6) is 0 Å². The summed E-state index contributed by atoms with van der Waals surface area (Å²) in [6.07, 6.45) is 1.21.